The van der Waals surface area contributed by atoms with Crippen molar-refractivity contribution in [3.8, 4) is 0 Å². The zero-order valence-corrected chi connectivity index (χ0v) is 16.1. The first-order valence-electron chi connectivity index (χ1n) is 9.84. The Labute approximate surface area is 159 Å². The van der Waals surface area contributed by atoms with Crippen LogP contribution in [0.5, 0.6) is 0 Å². The van der Waals surface area contributed by atoms with Crippen molar-refractivity contribution in [2.75, 3.05) is 31.2 Å². The maximum atomic E-state index is 12.5. The number of piperidine rings is 1. The van der Waals surface area contributed by atoms with Gasteiger partial charge in [0.25, 0.3) is 5.56 Å². The third-order valence-corrected chi connectivity index (χ3v) is 5.82. The van der Waals surface area contributed by atoms with E-state index >= 15 is 0 Å². The summed E-state index contributed by atoms with van der Waals surface area (Å²) >= 11 is 0. The van der Waals surface area contributed by atoms with E-state index in [-0.39, 0.29) is 18.7 Å². The molecule has 0 aromatic carbocycles. The number of aromatic nitrogens is 3. The second-order valence-corrected chi connectivity index (χ2v) is 8.27. The molecule has 0 bridgehead atoms. The SMILES string of the molecule is Cc1cc2c(=O)n(CCO)ncc2nc1N1CCC(OCC2(C)CC2)CC1. The maximum Gasteiger partial charge on any atom is 0.276 e. The van der Waals surface area contributed by atoms with E-state index in [0.29, 0.717) is 22.4 Å². The summed E-state index contributed by atoms with van der Waals surface area (Å²) in [5, 5.41) is 13.7. The molecule has 3 heterocycles. The van der Waals surface area contributed by atoms with Gasteiger partial charge < -0.3 is 14.7 Å². The van der Waals surface area contributed by atoms with Gasteiger partial charge in [0.1, 0.15) is 5.82 Å². The molecule has 2 aliphatic rings. The van der Waals surface area contributed by atoms with Gasteiger partial charge in [-0.2, -0.15) is 5.10 Å². The highest BCUT2D eigenvalue weighted by molar-refractivity contribution is 5.80. The number of aryl methyl sites for hydroxylation is 1. The van der Waals surface area contributed by atoms with Crippen molar-refractivity contribution in [1.82, 2.24) is 14.8 Å². The van der Waals surface area contributed by atoms with Gasteiger partial charge in [-0.25, -0.2) is 9.67 Å². The Morgan fingerprint density at radius 2 is 2.07 bits per heavy atom. The molecule has 0 unspecified atom stereocenters. The number of aliphatic hydroxyl groups is 1. The van der Waals surface area contributed by atoms with Gasteiger partial charge in [-0.15, -0.1) is 0 Å². The Balaban J connectivity index is 1.48. The number of ether oxygens (including phenoxy) is 1. The summed E-state index contributed by atoms with van der Waals surface area (Å²) < 4.78 is 7.41. The first kappa shape index (κ1) is 18.4. The Kier molecular flexibility index (Phi) is 4.90. The minimum atomic E-state index is -0.204. The first-order chi connectivity index (χ1) is 13.0. The van der Waals surface area contributed by atoms with Crippen LogP contribution in [-0.4, -0.2) is 52.3 Å². The van der Waals surface area contributed by atoms with E-state index in [1.54, 1.807) is 6.20 Å². The van der Waals surface area contributed by atoms with Gasteiger partial charge in [-0.05, 0) is 49.7 Å². The van der Waals surface area contributed by atoms with Crippen LogP contribution in [0.25, 0.3) is 10.9 Å². The van der Waals surface area contributed by atoms with Crippen LogP contribution in [-0.2, 0) is 11.3 Å². The van der Waals surface area contributed by atoms with E-state index in [4.69, 9.17) is 14.8 Å². The monoisotopic (exact) mass is 372 g/mol. The summed E-state index contributed by atoms with van der Waals surface area (Å²) in [6.07, 6.45) is 6.55. The normalized spacial score (nSPS) is 19.6. The van der Waals surface area contributed by atoms with Crippen LogP contribution >= 0.6 is 0 Å². The molecule has 7 heteroatoms. The molecule has 0 atom stereocenters. The Morgan fingerprint density at radius 3 is 2.74 bits per heavy atom. The molecule has 1 N–H and O–H groups in total. The minimum Gasteiger partial charge on any atom is -0.394 e. The standard InChI is InChI=1S/C20H28N4O3/c1-14-11-16-17(12-21-24(9-10-25)19(16)26)22-18(14)23-7-3-15(4-8-23)27-13-20(2)5-6-20/h11-12,15,25H,3-10,13H2,1-2H3. The zero-order chi connectivity index (χ0) is 19.0. The molecule has 0 spiro atoms. The lowest BCUT2D eigenvalue weighted by molar-refractivity contribution is 0.0127. The molecule has 2 fully saturated rings. The van der Waals surface area contributed by atoms with Crippen molar-refractivity contribution in [1.29, 1.82) is 0 Å². The maximum absolute atomic E-state index is 12.5. The van der Waals surface area contributed by atoms with Gasteiger partial charge in [0, 0.05) is 13.1 Å². The van der Waals surface area contributed by atoms with Gasteiger partial charge in [-0.3, -0.25) is 4.79 Å². The van der Waals surface area contributed by atoms with Crippen molar-refractivity contribution >= 4 is 16.7 Å². The number of hydrogen-bond donors (Lipinski definition) is 1. The molecule has 146 valence electrons. The van der Waals surface area contributed by atoms with Gasteiger partial charge in [-0.1, -0.05) is 6.92 Å². The molecule has 1 saturated carbocycles. The smallest absolute Gasteiger partial charge is 0.276 e. The second kappa shape index (κ2) is 7.20. The fraction of sp³-hybridized carbons (Fsp3) is 0.650. The van der Waals surface area contributed by atoms with Gasteiger partial charge in [0.15, 0.2) is 0 Å². The summed E-state index contributed by atoms with van der Waals surface area (Å²) in [6.45, 7) is 7.09. The molecule has 1 saturated heterocycles. The predicted octanol–water partition coefficient (Wildman–Crippen LogP) is 1.88. The molecular weight excluding hydrogens is 344 g/mol. The summed E-state index contributed by atoms with van der Waals surface area (Å²) in [6, 6.07) is 1.89. The van der Waals surface area contributed by atoms with Crippen LogP contribution in [0.3, 0.4) is 0 Å². The number of nitrogens with zero attached hydrogens (tertiary/aromatic N) is 4. The number of fused-ring (bicyclic) bond motifs is 1. The van der Waals surface area contributed by atoms with Gasteiger partial charge >= 0.3 is 0 Å². The van der Waals surface area contributed by atoms with E-state index in [1.165, 1.54) is 17.5 Å². The Bertz CT molecular complexity index is 883. The third kappa shape index (κ3) is 3.84. The molecular formula is C20H28N4O3. The van der Waals surface area contributed by atoms with Crippen molar-refractivity contribution in [3.05, 3.63) is 28.2 Å². The van der Waals surface area contributed by atoms with E-state index in [0.717, 1.165) is 43.9 Å². The fourth-order valence-electron chi connectivity index (χ4n) is 3.69. The highest BCUT2D eigenvalue weighted by Gasteiger charge is 2.38. The second-order valence-electron chi connectivity index (χ2n) is 8.27. The quantitative estimate of drug-likeness (QED) is 0.834. The highest BCUT2D eigenvalue weighted by Crippen LogP contribution is 2.45. The molecule has 4 rings (SSSR count). The van der Waals surface area contributed by atoms with E-state index in [2.05, 4.69) is 16.9 Å². The minimum absolute atomic E-state index is 0.112. The van der Waals surface area contributed by atoms with Crippen LogP contribution in [0.1, 0.15) is 38.2 Å². The molecule has 0 amide bonds. The lowest BCUT2D eigenvalue weighted by Gasteiger charge is -2.34. The topological polar surface area (TPSA) is 80.5 Å². The number of aliphatic hydroxyl groups excluding tert-OH is 1. The predicted molar refractivity (Wildman–Crippen MR) is 104 cm³/mol. The Hall–Kier alpha value is -1.99. The van der Waals surface area contributed by atoms with Crippen molar-refractivity contribution in [2.45, 2.75) is 52.2 Å². The summed E-state index contributed by atoms with van der Waals surface area (Å²) in [5.41, 5.74) is 1.83. The van der Waals surface area contributed by atoms with E-state index in [9.17, 15) is 4.79 Å². The Morgan fingerprint density at radius 1 is 1.33 bits per heavy atom. The molecule has 2 aromatic rings. The lowest BCUT2D eigenvalue weighted by atomic mass is 10.1. The van der Waals surface area contributed by atoms with Crippen molar-refractivity contribution in [2.24, 2.45) is 5.41 Å². The fourth-order valence-corrected chi connectivity index (χ4v) is 3.69. The number of anilines is 1. The summed E-state index contributed by atoms with van der Waals surface area (Å²) in [5.74, 6) is 0.927. The van der Waals surface area contributed by atoms with Crippen LogP contribution in [0.15, 0.2) is 17.1 Å². The number of hydrogen-bond acceptors (Lipinski definition) is 6. The van der Waals surface area contributed by atoms with Crippen molar-refractivity contribution in [3.63, 3.8) is 0 Å². The summed E-state index contributed by atoms with van der Waals surface area (Å²) in [7, 11) is 0. The van der Waals surface area contributed by atoms with E-state index in [1.807, 2.05) is 13.0 Å². The van der Waals surface area contributed by atoms with Crippen LogP contribution in [0.4, 0.5) is 5.82 Å². The molecule has 27 heavy (non-hydrogen) atoms. The molecule has 2 aromatic heterocycles. The number of pyridine rings is 1. The molecule has 0 radical (unpaired) electrons. The van der Waals surface area contributed by atoms with Crippen LogP contribution < -0.4 is 10.5 Å². The lowest BCUT2D eigenvalue weighted by Crippen LogP contribution is -2.38. The number of rotatable bonds is 6. The molecule has 1 aliphatic carbocycles. The highest BCUT2D eigenvalue weighted by atomic mass is 16.5. The van der Waals surface area contributed by atoms with E-state index < -0.39 is 0 Å². The zero-order valence-electron chi connectivity index (χ0n) is 16.1. The average molecular weight is 372 g/mol. The summed E-state index contributed by atoms with van der Waals surface area (Å²) in [4.78, 5) is 19.5. The third-order valence-electron chi connectivity index (χ3n) is 5.82. The first-order valence-corrected chi connectivity index (χ1v) is 9.84. The molecule has 1 aliphatic heterocycles. The molecule has 7 nitrogen and oxygen atoms in total. The average Bonchev–Trinajstić information content (AvgIpc) is 3.41. The van der Waals surface area contributed by atoms with Crippen LogP contribution in [0.2, 0.25) is 0 Å². The largest absolute Gasteiger partial charge is 0.394 e. The van der Waals surface area contributed by atoms with Crippen LogP contribution in [0, 0.1) is 12.3 Å². The van der Waals surface area contributed by atoms with Crippen molar-refractivity contribution < 1.29 is 9.84 Å². The van der Waals surface area contributed by atoms with Gasteiger partial charge in [0.2, 0.25) is 0 Å². The van der Waals surface area contributed by atoms with Gasteiger partial charge in [0.05, 0.1) is 43.0 Å².